The number of hydrogen-bond donors (Lipinski definition) is 0. The summed E-state index contributed by atoms with van der Waals surface area (Å²) in [5, 5.41) is 0.977. The van der Waals surface area contributed by atoms with Crippen LogP contribution >= 0.6 is 11.3 Å². The standard InChI is InChI=1S/C17H20N2O3S2/c20-17(12-8-10-24(21,22)11-12)19-9-4-3-6-14(19)16-18-13-5-1-2-7-15(13)23-16/h1-2,5,7,12,14H,3-4,6,8-11H2/t12-,14+/m0/s1. The predicted octanol–water partition coefficient (Wildman–Crippen LogP) is 2.78. The van der Waals surface area contributed by atoms with Crippen LogP contribution in [0.2, 0.25) is 0 Å². The molecular weight excluding hydrogens is 344 g/mol. The van der Waals surface area contributed by atoms with E-state index in [0.29, 0.717) is 13.0 Å². The summed E-state index contributed by atoms with van der Waals surface area (Å²) in [6, 6.07) is 8.01. The van der Waals surface area contributed by atoms with Gasteiger partial charge in [0.15, 0.2) is 9.84 Å². The highest BCUT2D eigenvalue weighted by molar-refractivity contribution is 7.91. The van der Waals surface area contributed by atoms with Crippen LogP contribution in [-0.2, 0) is 14.6 Å². The molecule has 1 amide bonds. The van der Waals surface area contributed by atoms with Crippen LogP contribution in [0.1, 0.15) is 36.7 Å². The number of carbonyl (C=O) groups is 1. The summed E-state index contributed by atoms with van der Waals surface area (Å²) in [6.07, 6.45) is 3.43. The SMILES string of the molecule is O=C([C@H]1CCS(=O)(=O)C1)N1CCCC[C@@H]1c1nc2ccccc2s1. The molecule has 2 aromatic rings. The molecule has 0 radical (unpaired) electrons. The van der Waals surface area contributed by atoms with Gasteiger partial charge >= 0.3 is 0 Å². The van der Waals surface area contributed by atoms with Crippen molar-refractivity contribution in [1.29, 1.82) is 0 Å². The summed E-state index contributed by atoms with van der Waals surface area (Å²) in [4.78, 5) is 19.6. The number of thiazole rings is 1. The van der Waals surface area contributed by atoms with E-state index in [9.17, 15) is 13.2 Å². The van der Waals surface area contributed by atoms with Gasteiger partial charge in [-0.1, -0.05) is 12.1 Å². The van der Waals surface area contributed by atoms with Crippen molar-refractivity contribution in [1.82, 2.24) is 9.88 Å². The molecule has 2 fully saturated rings. The lowest BCUT2D eigenvalue weighted by molar-refractivity contribution is -0.138. The Hall–Kier alpha value is -1.47. The number of hydrogen-bond acceptors (Lipinski definition) is 5. The molecule has 0 aliphatic carbocycles. The van der Waals surface area contributed by atoms with Crippen LogP contribution in [0.25, 0.3) is 10.2 Å². The molecular formula is C17H20N2O3S2. The van der Waals surface area contributed by atoms with Crippen LogP contribution < -0.4 is 0 Å². The quantitative estimate of drug-likeness (QED) is 0.822. The first kappa shape index (κ1) is 16.0. The van der Waals surface area contributed by atoms with Crippen LogP contribution in [0.4, 0.5) is 0 Å². The minimum Gasteiger partial charge on any atom is -0.333 e. The van der Waals surface area contributed by atoms with Crippen molar-refractivity contribution in [3.63, 3.8) is 0 Å². The molecule has 1 aromatic heterocycles. The van der Waals surface area contributed by atoms with Gasteiger partial charge in [0.1, 0.15) is 5.01 Å². The Labute approximate surface area is 145 Å². The minimum absolute atomic E-state index is 0.0000288. The zero-order valence-corrected chi connectivity index (χ0v) is 15.0. The highest BCUT2D eigenvalue weighted by Crippen LogP contribution is 2.37. The third-order valence-electron chi connectivity index (χ3n) is 4.96. The molecule has 0 spiro atoms. The lowest BCUT2D eigenvalue weighted by Crippen LogP contribution is -2.42. The zero-order valence-electron chi connectivity index (χ0n) is 13.3. The topological polar surface area (TPSA) is 67.3 Å². The first-order valence-electron chi connectivity index (χ1n) is 8.40. The average Bonchev–Trinajstić information content (AvgIpc) is 3.17. The number of fused-ring (bicyclic) bond motifs is 1. The smallest absolute Gasteiger partial charge is 0.227 e. The van der Waals surface area contributed by atoms with Crippen molar-refractivity contribution in [2.45, 2.75) is 31.7 Å². The molecule has 0 bridgehead atoms. The van der Waals surface area contributed by atoms with Gasteiger partial charge in [-0.15, -0.1) is 11.3 Å². The Morgan fingerprint density at radius 2 is 2.04 bits per heavy atom. The number of benzene rings is 1. The van der Waals surface area contributed by atoms with E-state index >= 15 is 0 Å². The fraction of sp³-hybridized carbons (Fsp3) is 0.529. The highest BCUT2D eigenvalue weighted by Gasteiger charge is 2.39. The Morgan fingerprint density at radius 1 is 1.21 bits per heavy atom. The number of likely N-dealkylation sites (tertiary alicyclic amines) is 1. The van der Waals surface area contributed by atoms with E-state index < -0.39 is 9.84 Å². The number of aromatic nitrogens is 1. The Kier molecular flexibility index (Phi) is 4.08. The van der Waals surface area contributed by atoms with Gasteiger partial charge in [0.25, 0.3) is 0 Å². The van der Waals surface area contributed by atoms with Gasteiger partial charge in [0.2, 0.25) is 5.91 Å². The van der Waals surface area contributed by atoms with Gasteiger partial charge < -0.3 is 4.90 Å². The Morgan fingerprint density at radius 3 is 2.79 bits per heavy atom. The molecule has 1 aromatic carbocycles. The number of amides is 1. The van der Waals surface area contributed by atoms with E-state index in [2.05, 4.69) is 6.07 Å². The highest BCUT2D eigenvalue weighted by atomic mass is 32.2. The number of carbonyl (C=O) groups excluding carboxylic acids is 1. The summed E-state index contributed by atoms with van der Waals surface area (Å²) in [6.45, 7) is 0.704. The lowest BCUT2D eigenvalue weighted by Gasteiger charge is -2.36. The van der Waals surface area contributed by atoms with Crippen LogP contribution in [-0.4, -0.2) is 42.3 Å². The fourth-order valence-corrected chi connectivity index (χ4v) is 6.56. The second-order valence-corrected chi connectivity index (χ2v) is 9.95. The molecule has 5 nitrogen and oxygen atoms in total. The van der Waals surface area contributed by atoms with Crippen molar-refractivity contribution in [2.24, 2.45) is 5.92 Å². The molecule has 4 rings (SSSR count). The largest absolute Gasteiger partial charge is 0.333 e. The van der Waals surface area contributed by atoms with E-state index in [1.54, 1.807) is 11.3 Å². The molecule has 0 unspecified atom stereocenters. The maximum Gasteiger partial charge on any atom is 0.227 e. The second-order valence-electron chi connectivity index (χ2n) is 6.66. The first-order valence-corrected chi connectivity index (χ1v) is 11.0. The monoisotopic (exact) mass is 364 g/mol. The number of rotatable bonds is 2. The minimum atomic E-state index is -3.04. The average molecular weight is 364 g/mol. The molecule has 2 saturated heterocycles. The third-order valence-corrected chi connectivity index (χ3v) is 7.87. The molecule has 2 atom stereocenters. The number of para-hydroxylation sites is 1. The van der Waals surface area contributed by atoms with Crippen molar-refractivity contribution in [3.05, 3.63) is 29.3 Å². The van der Waals surface area contributed by atoms with Crippen LogP contribution in [0.15, 0.2) is 24.3 Å². The number of sulfone groups is 1. The van der Waals surface area contributed by atoms with E-state index in [0.717, 1.165) is 34.5 Å². The molecule has 24 heavy (non-hydrogen) atoms. The Bertz CT molecular complexity index is 842. The predicted molar refractivity (Wildman–Crippen MR) is 94.7 cm³/mol. The van der Waals surface area contributed by atoms with Gasteiger partial charge in [-0.25, -0.2) is 13.4 Å². The van der Waals surface area contributed by atoms with Crippen molar-refractivity contribution in [2.75, 3.05) is 18.1 Å². The molecule has 2 aliphatic heterocycles. The summed E-state index contributed by atoms with van der Waals surface area (Å²) < 4.78 is 24.6. The van der Waals surface area contributed by atoms with Crippen molar-refractivity contribution >= 4 is 37.3 Å². The third kappa shape index (κ3) is 2.95. The molecule has 0 saturated carbocycles. The zero-order chi connectivity index (χ0) is 16.7. The molecule has 7 heteroatoms. The Balaban J connectivity index is 1.62. The van der Waals surface area contributed by atoms with E-state index in [1.807, 2.05) is 23.1 Å². The van der Waals surface area contributed by atoms with E-state index in [1.165, 1.54) is 0 Å². The maximum absolute atomic E-state index is 12.9. The normalized spacial score (nSPS) is 26.8. The summed E-state index contributed by atoms with van der Waals surface area (Å²) in [5.74, 6) is -0.220. The number of nitrogens with zero attached hydrogens (tertiary/aromatic N) is 2. The number of piperidine rings is 1. The second kappa shape index (κ2) is 6.11. The fourth-order valence-electron chi connectivity index (χ4n) is 3.71. The van der Waals surface area contributed by atoms with Crippen LogP contribution in [0.5, 0.6) is 0 Å². The van der Waals surface area contributed by atoms with E-state index in [-0.39, 0.29) is 29.4 Å². The molecule has 128 valence electrons. The first-order chi connectivity index (χ1) is 11.5. The van der Waals surface area contributed by atoms with Gasteiger partial charge in [-0.2, -0.15) is 0 Å². The van der Waals surface area contributed by atoms with Crippen LogP contribution in [0.3, 0.4) is 0 Å². The van der Waals surface area contributed by atoms with Crippen molar-refractivity contribution < 1.29 is 13.2 Å². The van der Waals surface area contributed by atoms with Gasteiger partial charge in [-0.3, -0.25) is 4.79 Å². The van der Waals surface area contributed by atoms with Gasteiger partial charge in [0, 0.05) is 6.54 Å². The summed E-state index contributed by atoms with van der Waals surface area (Å²) >= 11 is 1.64. The van der Waals surface area contributed by atoms with E-state index in [4.69, 9.17) is 4.98 Å². The maximum atomic E-state index is 12.9. The summed E-state index contributed by atoms with van der Waals surface area (Å²) in [7, 11) is -3.04. The van der Waals surface area contributed by atoms with Gasteiger partial charge in [0.05, 0.1) is 33.7 Å². The molecule has 3 heterocycles. The molecule has 0 N–H and O–H groups in total. The molecule has 2 aliphatic rings. The van der Waals surface area contributed by atoms with Crippen molar-refractivity contribution in [3.8, 4) is 0 Å². The lowest BCUT2D eigenvalue weighted by atomic mass is 9.99. The summed E-state index contributed by atoms with van der Waals surface area (Å²) in [5.41, 5.74) is 0.971. The van der Waals surface area contributed by atoms with Gasteiger partial charge in [-0.05, 0) is 37.8 Å². The van der Waals surface area contributed by atoms with Crippen LogP contribution in [0, 0.1) is 5.92 Å².